The molecule has 1 amide bonds. The second kappa shape index (κ2) is 13.9. The molecule has 1 heterocycles. The Morgan fingerprint density at radius 1 is 0.957 bits per heavy atom. The third-order valence-corrected chi connectivity index (χ3v) is 8.45. The molecular weight excluding hydrogens is 601 g/mol. The molecule has 1 N–H and O–H groups in total. The molecule has 7 nitrogen and oxygen atoms in total. The van der Waals surface area contributed by atoms with E-state index < -0.39 is 16.5 Å². The van der Waals surface area contributed by atoms with Gasteiger partial charge in [0.2, 0.25) is 0 Å². The van der Waals surface area contributed by atoms with E-state index in [9.17, 15) is 17.6 Å². The molecule has 0 saturated carbocycles. The van der Waals surface area contributed by atoms with Crippen molar-refractivity contribution in [1.29, 1.82) is 5.26 Å². The molecule has 0 saturated heterocycles. The molecule has 1 unspecified atom stereocenters. The van der Waals surface area contributed by atoms with E-state index in [1.165, 1.54) is 11.6 Å². The molecule has 1 aromatic heterocycles. The minimum atomic E-state index is -2.55. The fraction of sp³-hybridized carbons (Fsp3) is 0.216. The Kier molecular flexibility index (Phi) is 9.78. The molecule has 9 heteroatoms. The van der Waals surface area contributed by atoms with Crippen LogP contribution in [-0.4, -0.2) is 31.8 Å². The van der Waals surface area contributed by atoms with Gasteiger partial charge in [-0.05, 0) is 64.4 Å². The van der Waals surface area contributed by atoms with Crippen molar-refractivity contribution in [3.63, 3.8) is 0 Å². The predicted octanol–water partition coefficient (Wildman–Crippen LogP) is 7.03. The number of nitrogens with one attached hydrogen (secondary N) is 1. The van der Waals surface area contributed by atoms with Gasteiger partial charge < -0.3 is 9.84 Å². The molecule has 46 heavy (non-hydrogen) atoms. The lowest BCUT2D eigenvalue weighted by atomic mass is 9.83. The lowest BCUT2D eigenvalue weighted by Crippen LogP contribution is -2.26. The van der Waals surface area contributed by atoms with Crippen LogP contribution in [0.2, 0.25) is 0 Å². The van der Waals surface area contributed by atoms with Crippen LogP contribution in [0.3, 0.4) is 0 Å². The summed E-state index contributed by atoms with van der Waals surface area (Å²) in [5.41, 5.74) is 6.42. The number of thiol groups is 1. The first-order valence-corrected chi connectivity index (χ1v) is 16.2. The number of hydrogen-bond acceptors (Lipinski definition) is 6. The lowest BCUT2D eigenvalue weighted by molar-refractivity contribution is 0.0956. The summed E-state index contributed by atoms with van der Waals surface area (Å²) < 4.78 is 42.2. The van der Waals surface area contributed by atoms with Crippen LogP contribution < -0.4 is 5.32 Å². The largest absolute Gasteiger partial charge is 0.356 e. The number of nitrogens with zero attached hydrogens (tertiary/aromatic N) is 2. The summed E-state index contributed by atoms with van der Waals surface area (Å²) in [6, 6.07) is 31.3. The van der Waals surface area contributed by atoms with Gasteiger partial charge in [-0.2, -0.15) is 5.26 Å². The molecule has 234 valence electrons. The smallest absolute Gasteiger partial charge is 0.251 e. The summed E-state index contributed by atoms with van der Waals surface area (Å²) in [7, 11) is -2.55. The number of hydrogen-bond donors (Lipinski definition) is 2. The van der Waals surface area contributed by atoms with Gasteiger partial charge in [0.25, 0.3) is 5.91 Å². The van der Waals surface area contributed by atoms with Crippen molar-refractivity contribution in [2.45, 2.75) is 38.5 Å². The summed E-state index contributed by atoms with van der Waals surface area (Å²) in [5, 5.41) is 16.2. The van der Waals surface area contributed by atoms with Gasteiger partial charge >= 0.3 is 0 Å². The Labute approximate surface area is 269 Å². The van der Waals surface area contributed by atoms with Crippen LogP contribution in [0.1, 0.15) is 65.0 Å². The molecule has 1 atom stereocenters. The summed E-state index contributed by atoms with van der Waals surface area (Å²) in [4.78, 5) is 12.5. The van der Waals surface area contributed by atoms with Crippen molar-refractivity contribution >= 4 is 16.6 Å². The first-order chi connectivity index (χ1) is 22.0. The van der Waals surface area contributed by atoms with Crippen LogP contribution in [0.5, 0.6) is 0 Å². The molecule has 5 rings (SSSR count). The number of halogens is 1. The topological polar surface area (TPSA) is 113 Å². The molecule has 0 aliphatic rings. The minimum absolute atomic E-state index is 0.00573. The highest BCUT2D eigenvalue weighted by molar-refractivity contribution is 7.72. The number of amides is 1. The zero-order valence-electron chi connectivity index (χ0n) is 25.8. The molecule has 0 bridgehead atoms. The molecule has 4 aromatic carbocycles. The van der Waals surface area contributed by atoms with Gasteiger partial charge in [-0.25, -0.2) is 12.8 Å². The summed E-state index contributed by atoms with van der Waals surface area (Å²) >= 11 is 0. The van der Waals surface area contributed by atoms with Crippen molar-refractivity contribution in [2.24, 2.45) is 0 Å². The number of rotatable bonds is 10. The molecule has 0 fully saturated rings. The van der Waals surface area contributed by atoms with E-state index >= 15 is 0 Å². The van der Waals surface area contributed by atoms with E-state index in [-0.39, 0.29) is 35.1 Å². The number of aromatic nitrogens is 1. The van der Waals surface area contributed by atoms with E-state index in [0.717, 1.165) is 22.4 Å². The van der Waals surface area contributed by atoms with Crippen LogP contribution in [0.25, 0.3) is 22.5 Å². The highest BCUT2D eigenvalue weighted by Gasteiger charge is 2.22. The Bertz CT molecular complexity index is 1960. The lowest BCUT2D eigenvalue weighted by Gasteiger charge is -2.21. The van der Waals surface area contributed by atoms with Gasteiger partial charge in [-0.3, -0.25) is 4.79 Å². The first-order valence-electron chi connectivity index (χ1n) is 14.9. The second-order valence-electron chi connectivity index (χ2n) is 12.1. The Morgan fingerprint density at radius 2 is 1.67 bits per heavy atom. The highest BCUT2D eigenvalue weighted by atomic mass is 32.2. The van der Waals surface area contributed by atoms with Crippen molar-refractivity contribution in [1.82, 2.24) is 10.5 Å². The van der Waals surface area contributed by atoms with Crippen LogP contribution in [0.4, 0.5) is 4.39 Å². The van der Waals surface area contributed by atoms with Gasteiger partial charge in [0.05, 0.1) is 23.1 Å². The maximum absolute atomic E-state index is 14.8. The Balaban J connectivity index is 1.44. The van der Waals surface area contributed by atoms with Gasteiger partial charge in [0, 0.05) is 35.2 Å². The molecule has 0 aliphatic heterocycles. The van der Waals surface area contributed by atoms with Crippen LogP contribution >= 0.6 is 0 Å². The normalized spacial score (nSPS) is 12.1. The van der Waals surface area contributed by atoms with E-state index in [4.69, 9.17) is 9.78 Å². The van der Waals surface area contributed by atoms with Gasteiger partial charge in [0.1, 0.15) is 16.5 Å². The average Bonchev–Trinajstić information content (AvgIpc) is 3.53. The fourth-order valence-electron chi connectivity index (χ4n) is 5.25. The molecule has 0 aliphatic carbocycles. The molecule has 0 spiro atoms. The summed E-state index contributed by atoms with van der Waals surface area (Å²) in [6.45, 7) is 6.56. The SMILES string of the molecule is CC(C)(C)c1ccc(C(Cc2ccc(C(=O)NCC[SH](=O)=O)cc2)c2cc(-c3cccc(-c4ccc(C#N)cc4F)c3)on2)cc1. The average molecular weight is 636 g/mol. The number of benzene rings is 4. The number of carbonyl (C=O) groups is 1. The van der Waals surface area contributed by atoms with E-state index in [0.29, 0.717) is 28.9 Å². The number of nitriles is 1. The third-order valence-electron chi connectivity index (χ3n) is 7.86. The molecule has 0 radical (unpaired) electrons. The summed E-state index contributed by atoms with van der Waals surface area (Å²) in [6.07, 6.45) is 0.579. The molecular formula is C37H34FN3O4S. The Hall–Kier alpha value is -5.07. The fourth-order valence-corrected chi connectivity index (χ4v) is 5.54. The first kappa shape index (κ1) is 32.3. The quantitative estimate of drug-likeness (QED) is 0.159. The third kappa shape index (κ3) is 7.76. The zero-order valence-corrected chi connectivity index (χ0v) is 26.7. The van der Waals surface area contributed by atoms with Crippen molar-refractivity contribution in [3.05, 3.63) is 136 Å². The maximum Gasteiger partial charge on any atom is 0.251 e. The second-order valence-corrected chi connectivity index (χ2v) is 13.3. The van der Waals surface area contributed by atoms with Gasteiger partial charge in [-0.1, -0.05) is 86.6 Å². The van der Waals surface area contributed by atoms with Crippen molar-refractivity contribution in [2.75, 3.05) is 12.3 Å². The van der Waals surface area contributed by atoms with Gasteiger partial charge in [0.15, 0.2) is 5.76 Å². The van der Waals surface area contributed by atoms with E-state index in [1.54, 1.807) is 30.3 Å². The standard InChI is InChI=1S/C37H34FN3O4S/c1-37(2,3)30-14-12-26(13-15-30)32(19-24-7-10-27(11-8-24)36(42)40-17-18-46(43)44)34-22-35(45-41-34)29-6-4-5-28(21-29)31-16-9-25(23-39)20-33(31)38/h4-16,20-22,32,46H,17-19H2,1-3H3,(H,40,42). The predicted molar refractivity (Wildman–Crippen MR) is 177 cm³/mol. The van der Waals surface area contributed by atoms with E-state index in [1.807, 2.05) is 42.5 Å². The maximum atomic E-state index is 14.8. The minimum Gasteiger partial charge on any atom is -0.356 e. The highest BCUT2D eigenvalue weighted by Crippen LogP contribution is 2.34. The monoisotopic (exact) mass is 635 g/mol. The summed E-state index contributed by atoms with van der Waals surface area (Å²) in [5.74, 6) is -0.545. The van der Waals surface area contributed by atoms with Crippen molar-refractivity contribution < 1.29 is 22.1 Å². The number of carbonyl (C=O) groups excluding carboxylic acids is 1. The van der Waals surface area contributed by atoms with Gasteiger partial charge in [-0.15, -0.1) is 0 Å². The molecule has 5 aromatic rings. The van der Waals surface area contributed by atoms with Crippen LogP contribution in [0.15, 0.2) is 102 Å². The van der Waals surface area contributed by atoms with Crippen LogP contribution in [-0.2, 0) is 22.5 Å². The Morgan fingerprint density at radius 3 is 2.33 bits per heavy atom. The van der Waals surface area contributed by atoms with Crippen molar-refractivity contribution in [3.8, 4) is 28.5 Å². The zero-order chi connectivity index (χ0) is 32.8. The van der Waals surface area contributed by atoms with E-state index in [2.05, 4.69) is 55.5 Å². The van der Waals surface area contributed by atoms with Crippen LogP contribution in [0, 0.1) is 17.1 Å².